The van der Waals surface area contributed by atoms with Gasteiger partial charge in [-0.25, -0.2) is 0 Å². The highest BCUT2D eigenvalue weighted by molar-refractivity contribution is 6.02. The molecule has 2 heterocycles. The van der Waals surface area contributed by atoms with Gasteiger partial charge in [0.15, 0.2) is 0 Å². The van der Waals surface area contributed by atoms with Crippen molar-refractivity contribution in [2.24, 2.45) is 34.1 Å². The van der Waals surface area contributed by atoms with Gasteiger partial charge >= 0.3 is 5.97 Å². The summed E-state index contributed by atoms with van der Waals surface area (Å²) in [4.78, 5) is 38.2. The van der Waals surface area contributed by atoms with Crippen molar-refractivity contribution in [3.63, 3.8) is 0 Å². The number of allylic oxidation sites excluding steroid dienone is 3. The molecule has 1 saturated heterocycles. The lowest BCUT2D eigenvalue weighted by atomic mass is 9.65. The van der Waals surface area contributed by atoms with Crippen LogP contribution >= 0.6 is 0 Å². The number of rotatable bonds is 13. The minimum absolute atomic E-state index is 0.0282. The van der Waals surface area contributed by atoms with Crippen molar-refractivity contribution in [2.45, 2.75) is 137 Å². The number of piperazine rings is 1. The van der Waals surface area contributed by atoms with Crippen LogP contribution in [-0.2, 0) is 14.3 Å². The van der Waals surface area contributed by atoms with E-state index < -0.39 is 17.6 Å². The van der Waals surface area contributed by atoms with Crippen LogP contribution in [0, 0.1) is 29.1 Å². The normalized spacial score (nSPS) is 30.3. The average molecular weight is 657 g/mol. The number of ether oxygens (including phenoxy) is 1. The van der Waals surface area contributed by atoms with E-state index in [1.807, 2.05) is 20.8 Å². The first-order valence-electron chi connectivity index (χ1n) is 18.4. The number of esters is 1. The van der Waals surface area contributed by atoms with Crippen molar-refractivity contribution < 1.29 is 24.5 Å². The molecule has 0 saturated carbocycles. The topological polar surface area (TPSA) is 106 Å². The first-order chi connectivity index (χ1) is 22.1. The van der Waals surface area contributed by atoms with Gasteiger partial charge in [-0.2, -0.15) is 0 Å². The lowest BCUT2D eigenvalue weighted by Gasteiger charge is -2.46. The van der Waals surface area contributed by atoms with Gasteiger partial charge in [0, 0.05) is 44.2 Å². The number of aliphatic hydroxyl groups excluding tert-OH is 2. The van der Waals surface area contributed by atoms with Gasteiger partial charge in [0.2, 0.25) is 5.91 Å². The summed E-state index contributed by atoms with van der Waals surface area (Å²) in [6, 6.07) is 0.809. The van der Waals surface area contributed by atoms with E-state index in [0.717, 1.165) is 44.7 Å². The predicted octanol–water partition coefficient (Wildman–Crippen LogP) is 5.06. The molecule has 4 rings (SSSR count). The number of aliphatic hydroxyl groups is 2. The molecule has 2 N–H and O–H groups in total. The number of carbonyl (C=O) groups excluding carboxylic acids is 2. The first-order valence-corrected chi connectivity index (χ1v) is 18.4. The number of fused-ring (bicyclic) bond motifs is 1. The van der Waals surface area contributed by atoms with Crippen LogP contribution in [0.4, 0.5) is 0 Å². The first kappa shape index (κ1) is 37.7. The van der Waals surface area contributed by atoms with Crippen molar-refractivity contribution in [1.82, 2.24) is 14.7 Å². The fourth-order valence-electron chi connectivity index (χ4n) is 8.01. The number of amides is 1. The summed E-state index contributed by atoms with van der Waals surface area (Å²) in [6.07, 6.45) is 7.80. The standard InChI is InChI=1S/C38H64N4O5/c1-10-38(8,9)37(46)47-33-20-26(6)19-28-12-11-27(7)31(35(28)33)14-13-29(43)21-30(44)22-34(45)42-16-15-39-36(42)32-23-40(24(2)3)17-18-41(32)25(4)5/h11-12,19,24-27,29-33,35,43-44H,10,13-18,20-23H2,1-9H3/t26-,27-,29+,30+,31-,32?,33-,35-/m0/s1. The predicted molar refractivity (Wildman–Crippen MR) is 188 cm³/mol. The second kappa shape index (κ2) is 16.1. The van der Waals surface area contributed by atoms with Gasteiger partial charge in [-0.1, -0.05) is 39.0 Å². The van der Waals surface area contributed by atoms with Crippen LogP contribution in [0.1, 0.15) is 101 Å². The third-order valence-corrected chi connectivity index (χ3v) is 11.4. The zero-order chi connectivity index (χ0) is 34.6. The summed E-state index contributed by atoms with van der Waals surface area (Å²) in [5.41, 5.74) is 0.702. The fourth-order valence-corrected chi connectivity index (χ4v) is 8.01. The molecule has 0 bridgehead atoms. The van der Waals surface area contributed by atoms with Crippen LogP contribution in [-0.4, -0.2) is 112 Å². The van der Waals surface area contributed by atoms with Gasteiger partial charge in [-0.15, -0.1) is 0 Å². The molecule has 1 fully saturated rings. The SMILES string of the molecule is CCC(C)(C)C(=O)O[C@H]1C[C@@H](C)C=C2C=C[C@H](C)[C@H](CC[C@@H](O)C[C@@H](O)CC(=O)N3CCN=C3C3CN(C(C)C)CCN3C(C)C)[C@H]21. The zero-order valence-corrected chi connectivity index (χ0v) is 30.7. The Balaban J connectivity index is 1.35. The van der Waals surface area contributed by atoms with Crippen LogP contribution in [0.15, 0.2) is 28.8 Å². The third kappa shape index (κ3) is 9.14. The van der Waals surface area contributed by atoms with Crippen molar-refractivity contribution in [1.29, 1.82) is 0 Å². The molecule has 0 spiro atoms. The van der Waals surface area contributed by atoms with Gasteiger partial charge in [0.25, 0.3) is 0 Å². The average Bonchev–Trinajstić information content (AvgIpc) is 3.50. The lowest BCUT2D eigenvalue weighted by molar-refractivity contribution is -0.164. The maximum Gasteiger partial charge on any atom is 0.311 e. The van der Waals surface area contributed by atoms with Gasteiger partial charge in [-0.05, 0) is 97.0 Å². The molecule has 0 aromatic heterocycles. The van der Waals surface area contributed by atoms with Crippen LogP contribution in [0.25, 0.3) is 0 Å². The van der Waals surface area contributed by atoms with Crippen molar-refractivity contribution >= 4 is 17.7 Å². The van der Waals surface area contributed by atoms with E-state index in [0.29, 0.717) is 37.5 Å². The van der Waals surface area contributed by atoms with E-state index in [9.17, 15) is 19.8 Å². The molecular weight excluding hydrogens is 592 g/mol. The number of aliphatic imine (C=N–C) groups is 1. The Morgan fingerprint density at radius 3 is 2.45 bits per heavy atom. The van der Waals surface area contributed by atoms with Crippen LogP contribution in [0.5, 0.6) is 0 Å². The minimum atomic E-state index is -0.932. The maximum absolute atomic E-state index is 13.5. The fraction of sp³-hybridized carbons (Fsp3) is 0.816. The second-order valence-electron chi connectivity index (χ2n) is 16.0. The number of hydrogen-bond acceptors (Lipinski definition) is 8. The number of hydrogen-bond donors (Lipinski definition) is 2. The molecule has 1 unspecified atom stereocenters. The molecule has 0 aromatic carbocycles. The summed E-state index contributed by atoms with van der Waals surface area (Å²) in [7, 11) is 0. The Morgan fingerprint density at radius 2 is 1.79 bits per heavy atom. The number of nitrogens with zero attached hydrogens (tertiary/aromatic N) is 4. The third-order valence-electron chi connectivity index (χ3n) is 11.4. The smallest absolute Gasteiger partial charge is 0.311 e. The summed E-state index contributed by atoms with van der Waals surface area (Å²) < 4.78 is 6.25. The van der Waals surface area contributed by atoms with E-state index in [-0.39, 0.29) is 54.6 Å². The largest absolute Gasteiger partial charge is 0.461 e. The molecule has 9 heteroatoms. The van der Waals surface area contributed by atoms with Crippen LogP contribution in [0.3, 0.4) is 0 Å². The molecule has 47 heavy (non-hydrogen) atoms. The molecule has 8 atom stereocenters. The maximum atomic E-state index is 13.5. The highest BCUT2D eigenvalue weighted by Crippen LogP contribution is 2.45. The van der Waals surface area contributed by atoms with E-state index in [1.165, 1.54) is 5.57 Å². The summed E-state index contributed by atoms with van der Waals surface area (Å²) in [5.74, 6) is 1.45. The Hall–Kier alpha value is -2.07. The Labute approximate surface area is 284 Å². The van der Waals surface area contributed by atoms with Gasteiger partial charge in [0.05, 0.1) is 36.6 Å². The number of amidine groups is 1. The van der Waals surface area contributed by atoms with E-state index in [4.69, 9.17) is 9.73 Å². The molecule has 4 aliphatic rings. The minimum Gasteiger partial charge on any atom is -0.461 e. The summed E-state index contributed by atoms with van der Waals surface area (Å²) in [6.45, 7) is 23.0. The van der Waals surface area contributed by atoms with Gasteiger partial charge in [-0.3, -0.25) is 29.3 Å². The number of carbonyl (C=O) groups is 2. The van der Waals surface area contributed by atoms with Crippen molar-refractivity contribution in [3.8, 4) is 0 Å². The molecule has 2 aliphatic carbocycles. The monoisotopic (exact) mass is 656 g/mol. The van der Waals surface area contributed by atoms with Crippen molar-refractivity contribution in [2.75, 3.05) is 32.7 Å². The summed E-state index contributed by atoms with van der Waals surface area (Å²) in [5, 5.41) is 22.1. The molecular formula is C38H64N4O5. The van der Waals surface area contributed by atoms with Crippen LogP contribution in [0.2, 0.25) is 0 Å². The molecule has 266 valence electrons. The Bertz CT molecular complexity index is 1180. The molecule has 0 radical (unpaired) electrons. The highest BCUT2D eigenvalue weighted by Gasteiger charge is 2.43. The van der Waals surface area contributed by atoms with E-state index in [1.54, 1.807) is 4.90 Å². The Kier molecular flexibility index (Phi) is 12.9. The van der Waals surface area contributed by atoms with Crippen LogP contribution < -0.4 is 0 Å². The molecule has 1 amide bonds. The Morgan fingerprint density at radius 1 is 1.06 bits per heavy atom. The van der Waals surface area contributed by atoms with Gasteiger partial charge in [0.1, 0.15) is 11.9 Å². The highest BCUT2D eigenvalue weighted by atomic mass is 16.5. The zero-order valence-electron chi connectivity index (χ0n) is 30.7. The van der Waals surface area contributed by atoms with E-state index >= 15 is 0 Å². The lowest BCUT2D eigenvalue weighted by Crippen LogP contribution is -2.62. The van der Waals surface area contributed by atoms with E-state index in [2.05, 4.69) is 69.6 Å². The van der Waals surface area contributed by atoms with Gasteiger partial charge < -0.3 is 14.9 Å². The molecule has 9 nitrogen and oxygen atoms in total. The molecule has 2 aliphatic heterocycles. The molecule has 0 aromatic rings. The van der Waals surface area contributed by atoms with Crippen molar-refractivity contribution in [3.05, 3.63) is 23.8 Å². The second-order valence-corrected chi connectivity index (χ2v) is 16.0. The summed E-state index contributed by atoms with van der Waals surface area (Å²) >= 11 is 0. The quantitative estimate of drug-likeness (QED) is 0.267.